The highest BCUT2D eigenvalue weighted by molar-refractivity contribution is 5.85. The largest absolute Gasteiger partial charge is 0.316 e. The van der Waals surface area contributed by atoms with Crippen molar-refractivity contribution in [3.05, 3.63) is 66.2 Å². The lowest BCUT2D eigenvalue weighted by Crippen LogP contribution is -2.29. The molecule has 1 aromatic heterocycles. The van der Waals surface area contributed by atoms with E-state index in [0.717, 1.165) is 23.5 Å². The van der Waals surface area contributed by atoms with Crippen LogP contribution >= 0.6 is 0 Å². The second kappa shape index (κ2) is 7.14. The van der Waals surface area contributed by atoms with Gasteiger partial charge in [-0.25, -0.2) is 4.98 Å². The molecule has 3 aromatic rings. The highest BCUT2D eigenvalue weighted by atomic mass is 14.9. The van der Waals surface area contributed by atoms with Gasteiger partial charge in [0, 0.05) is 10.9 Å². The Morgan fingerprint density at radius 2 is 1.83 bits per heavy atom. The first-order valence-corrected chi connectivity index (χ1v) is 9.05. The van der Waals surface area contributed by atoms with Gasteiger partial charge < -0.3 is 5.32 Å². The molecule has 2 aromatic carbocycles. The lowest BCUT2D eigenvalue weighted by Gasteiger charge is -2.23. The van der Waals surface area contributed by atoms with Crippen LogP contribution in [0.5, 0.6) is 0 Å². The number of nitrogens with one attached hydrogen (secondary N) is 1. The smallest absolute Gasteiger partial charge is 0.0712 e. The highest BCUT2D eigenvalue weighted by Crippen LogP contribution is 2.27. The normalized spacial score (nSPS) is 17.9. The Hall–Kier alpha value is -2.19. The van der Waals surface area contributed by atoms with Crippen molar-refractivity contribution in [3.63, 3.8) is 0 Å². The molecule has 1 N–H and O–H groups in total. The molecule has 0 saturated carbocycles. The minimum absolute atomic E-state index is 0.811. The molecule has 0 aliphatic carbocycles. The summed E-state index contributed by atoms with van der Waals surface area (Å²) in [6.07, 6.45) is 5.07. The van der Waals surface area contributed by atoms with Gasteiger partial charge in [-0.05, 0) is 62.4 Å². The Kier molecular flexibility index (Phi) is 4.57. The molecule has 1 atom stereocenters. The fraction of sp³-hybridized carbons (Fsp3) is 0.318. The average molecular weight is 316 g/mol. The third kappa shape index (κ3) is 3.34. The fourth-order valence-corrected chi connectivity index (χ4v) is 3.74. The molecule has 1 fully saturated rings. The summed E-state index contributed by atoms with van der Waals surface area (Å²) in [6, 6.07) is 21.4. The molecule has 2 heterocycles. The van der Waals surface area contributed by atoms with Crippen LogP contribution in [0.2, 0.25) is 0 Å². The molecule has 122 valence electrons. The van der Waals surface area contributed by atoms with Crippen LogP contribution in [-0.2, 0) is 6.42 Å². The van der Waals surface area contributed by atoms with Crippen LogP contribution in [0.3, 0.4) is 0 Å². The van der Waals surface area contributed by atoms with E-state index in [1.165, 1.54) is 48.9 Å². The van der Waals surface area contributed by atoms with E-state index in [1.54, 1.807) is 0 Å². The summed E-state index contributed by atoms with van der Waals surface area (Å²) in [5.74, 6) is 0.811. The van der Waals surface area contributed by atoms with Crippen molar-refractivity contribution in [3.8, 4) is 11.3 Å². The van der Waals surface area contributed by atoms with Crippen LogP contribution in [0.25, 0.3) is 22.2 Å². The first-order valence-electron chi connectivity index (χ1n) is 9.05. The van der Waals surface area contributed by atoms with E-state index in [-0.39, 0.29) is 0 Å². The van der Waals surface area contributed by atoms with Crippen LogP contribution in [0.15, 0.2) is 60.7 Å². The minimum atomic E-state index is 0.811. The summed E-state index contributed by atoms with van der Waals surface area (Å²) in [4.78, 5) is 4.89. The maximum absolute atomic E-state index is 4.89. The lowest BCUT2D eigenvalue weighted by molar-refractivity contribution is 0.358. The quantitative estimate of drug-likeness (QED) is 0.745. The lowest BCUT2D eigenvalue weighted by atomic mass is 9.91. The third-order valence-corrected chi connectivity index (χ3v) is 5.09. The van der Waals surface area contributed by atoms with Gasteiger partial charge in [0.25, 0.3) is 0 Å². The van der Waals surface area contributed by atoms with Crippen molar-refractivity contribution in [2.75, 3.05) is 13.1 Å². The van der Waals surface area contributed by atoms with Crippen molar-refractivity contribution in [1.82, 2.24) is 10.3 Å². The molecule has 0 bridgehead atoms. The molecule has 1 aliphatic rings. The van der Waals surface area contributed by atoms with Crippen LogP contribution in [0.4, 0.5) is 0 Å². The Morgan fingerprint density at radius 3 is 2.67 bits per heavy atom. The predicted molar refractivity (Wildman–Crippen MR) is 101 cm³/mol. The minimum Gasteiger partial charge on any atom is -0.316 e. The van der Waals surface area contributed by atoms with Crippen molar-refractivity contribution >= 4 is 10.9 Å². The highest BCUT2D eigenvalue weighted by Gasteiger charge is 2.14. The summed E-state index contributed by atoms with van der Waals surface area (Å²) < 4.78 is 0. The molecule has 4 rings (SSSR count). The number of fused-ring (bicyclic) bond motifs is 1. The maximum atomic E-state index is 4.89. The van der Waals surface area contributed by atoms with Gasteiger partial charge in [0.05, 0.1) is 11.2 Å². The second-order valence-corrected chi connectivity index (χ2v) is 6.80. The van der Waals surface area contributed by atoms with Gasteiger partial charge in [0.1, 0.15) is 0 Å². The van der Waals surface area contributed by atoms with Gasteiger partial charge in [-0.15, -0.1) is 0 Å². The van der Waals surface area contributed by atoms with Crippen molar-refractivity contribution in [2.24, 2.45) is 5.92 Å². The SMILES string of the molecule is c1ccc(-c2cc(CC[C@H]3CCCNC3)c3ccccc3n2)cc1. The summed E-state index contributed by atoms with van der Waals surface area (Å²) in [7, 11) is 0. The van der Waals surface area contributed by atoms with Gasteiger partial charge in [-0.2, -0.15) is 0 Å². The second-order valence-electron chi connectivity index (χ2n) is 6.80. The van der Waals surface area contributed by atoms with Crippen molar-refractivity contribution in [2.45, 2.75) is 25.7 Å². The average Bonchev–Trinajstić information content (AvgIpc) is 2.67. The van der Waals surface area contributed by atoms with Crippen molar-refractivity contribution in [1.29, 1.82) is 0 Å². The molecule has 24 heavy (non-hydrogen) atoms. The summed E-state index contributed by atoms with van der Waals surface area (Å²) in [5, 5.41) is 4.84. The Morgan fingerprint density at radius 1 is 1.00 bits per heavy atom. The molecule has 0 spiro atoms. The Bertz CT molecular complexity index is 805. The number of benzene rings is 2. The monoisotopic (exact) mass is 316 g/mol. The maximum Gasteiger partial charge on any atom is 0.0712 e. The number of rotatable bonds is 4. The molecule has 0 radical (unpaired) electrons. The van der Waals surface area contributed by atoms with Crippen LogP contribution in [0.1, 0.15) is 24.8 Å². The van der Waals surface area contributed by atoms with E-state index < -0.39 is 0 Å². The predicted octanol–water partition coefficient (Wildman–Crippen LogP) is 4.83. The van der Waals surface area contributed by atoms with Crippen LogP contribution < -0.4 is 5.32 Å². The summed E-state index contributed by atoms with van der Waals surface area (Å²) >= 11 is 0. The van der Waals surface area contributed by atoms with Gasteiger partial charge in [0.2, 0.25) is 0 Å². The standard InChI is InChI=1S/C22H24N2/c1-2-8-18(9-3-1)22-15-19(13-12-17-7-6-14-23-16-17)20-10-4-5-11-21(20)24-22/h1-5,8-11,15,17,23H,6-7,12-14,16H2/t17-/m1/s1. The van der Waals surface area contributed by atoms with Gasteiger partial charge in [-0.1, -0.05) is 48.5 Å². The van der Waals surface area contributed by atoms with Gasteiger partial charge in [0.15, 0.2) is 0 Å². The first-order chi connectivity index (χ1) is 11.9. The number of hydrogen-bond acceptors (Lipinski definition) is 2. The van der Waals surface area contributed by atoms with Gasteiger partial charge in [-0.3, -0.25) is 0 Å². The first kappa shape index (κ1) is 15.3. The molecule has 2 heteroatoms. The fourth-order valence-electron chi connectivity index (χ4n) is 3.74. The number of pyridine rings is 1. The van der Waals surface area contributed by atoms with Crippen molar-refractivity contribution < 1.29 is 0 Å². The molecule has 0 unspecified atom stereocenters. The zero-order valence-corrected chi connectivity index (χ0v) is 14.0. The van der Waals surface area contributed by atoms with E-state index in [0.29, 0.717) is 0 Å². The molecule has 1 aliphatic heterocycles. The van der Waals surface area contributed by atoms with E-state index in [2.05, 4.69) is 66.0 Å². The molecular weight excluding hydrogens is 292 g/mol. The zero-order valence-electron chi connectivity index (χ0n) is 14.0. The van der Waals surface area contributed by atoms with E-state index in [1.807, 2.05) is 0 Å². The Balaban J connectivity index is 1.67. The molecule has 2 nitrogen and oxygen atoms in total. The van der Waals surface area contributed by atoms with E-state index >= 15 is 0 Å². The van der Waals surface area contributed by atoms with E-state index in [9.17, 15) is 0 Å². The Labute approximate surface area is 143 Å². The third-order valence-electron chi connectivity index (χ3n) is 5.09. The number of nitrogens with zero attached hydrogens (tertiary/aromatic N) is 1. The number of hydrogen-bond donors (Lipinski definition) is 1. The molecular formula is C22H24N2. The van der Waals surface area contributed by atoms with Crippen LogP contribution in [-0.4, -0.2) is 18.1 Å². The zero-order chi connectivity index (χ0) is 16.2. The number of aryl methyl sites for hydroxylation is 1. The number of para-hydroxylation sites is 1. The molecule has 1 saturated heterocycles. The molecule has 0 amide bonds. The summed E-state index contributed by atoms with van der Waals surface area (Å²) in [5.41, 5.74) is 4.83. The van der Waals surface area contributed by atoms with Crippen LogP contribution in [0, 0.1) is 5.92 Å². The number of aromatic nitrogens is 1. The number of piperidine rings is 1. The topological polar surface area (TPSA) is 24.9 Å². The van der Waals surface area contributed by atoms with Gasteiger partial charge >= 0.3 is 0 Å². The van der Waals surface area contributed by atoms with E-state index in [4.69, 9.17) is 4.98 Å². The summed E-state index contributed by atoms with van der Waals surface area (Å²) in [6.45, 7) is 2.36.